The van der Waals surface area contributed by atoms with E-state index in [0.717, 1.165) is 17.0 Å². The predicted octanol–water partition coefficient (Wildman–Crippen LogP) is 1.98. The van der Waals surface area contributed by atoms with Crippen molar-refractivity contribution in [3.05, 3.63) is 52.8 Å². The predicted molar refractivity (Wildman–Crippen MR) is 95.0 cm³/mol. The van der Waals surface area contributed by atoms with Crippen LogP contribution in [-0.4, -0.2) is 64.3 Å². The molecule has 2 N–H and O–H groups in total. The fourth-order valence-electron chi connectivity index (χ4n) is 3.23. The van der Waals surface area contributed by atoms with E-state index < -0.39 is 0 Å². The number of piperazine rings is 1. The van der Waals surface area contributed by atoms with Crippen LogP contribution in [-0.2, 0) is 0 Å². The first kappa shape index (κ1) is 17.2. The number of carbonyl (C=O) groups is 2. The second-order valence-corrected chi connectivity index (χ2v) is 6.53. The Bertz CT molecular complexity index is 789. The third-order valence-corrected chi connectivity index (χ3v) is 4.57. The van der Waals surface area contributed by atoms with Gasteiger partial charge >= 0.3 is 0 Å². The molecular formula is C19H23N3O3. The lowest BCUT2D eigenvalue weighted by Gasteiger charge is -2.34. The molecule has 0 radical (unpaired) electrons. The first-order valence-corrected chi connectivity index (χ1v) is 8.44. The van der Waals surface area contributed by atoms with E-state index >= 15 is 0 Å². The molecule has 2 heterocycles. The Morgan fingerprint density at radius 2 is 1.84 bits per heavy atom. The van der Waals surface area contributed by atoms with E-state index in [-0.39, 0.29) is 17.4 Å². The highest BCUT2D eigenvalue weighted by molar-refractivity contribution is 5.99. The molecule has 0 aliphatic carbocycles. The lowest BCUT2D eigenvalue weighted by atomic mass is 10.1. The molecule has 0 unspecified atom stereocenters. The number of aromatic nitrogens is 1. The minimum atomic E-state index is -0.0843. The van der Waals surface area contributed by atoms with Crippen LogP contribution in [0.3, 0.4) is 0 Å². The third-order valence-electron chi connectivity index (χ3n) is 4.57. The van der Waals surface area contributed by atoms with Gasteiger partial charge in [-0.1, -0.05) is 6.07 Å². The molecule has 0 saturated carbocycles. The fourth-order valence-corrected chi connectivity index (χ4v) is 3.23. The normalized spacial score (nSPS) is 15.4. The Kier molecular flexibility index (Phi) is 4.90. The smallest absolute Gasteiger partial charge is 0.254 e. The van der Waals surface area contributed by atoms with Crippen LogP contribution in [0.4, 0.5) is 0 Å². The number of aromatic amines is 1. The van der Waals surface area contributed by atoms with Crippen molar-refractivity contribution >= 4 is 11.7 Å². The SMILES string of the molecule is Cc1cc(C(=O)CN2CCN(C(=O)c3cccc(O)c3)CC2)c(C)[nH]1. The highest BCUT2D eigenvalue weighted by Gasteiger charge is 2.24. The number of H-pyrrole nitrogens is 1. The Morgan fingerprint density at radius 3 is 2.44 bits per heavy atom. The zero-order valence-electron chi connectivity index (χ0n) is 14.6. The van der Waals surface area contributed by atoms with Crippen LogP contribution >= 0.6 is 0 Å². The molecule has 1 aliphatic rings. The van der Waals surface area contributed by atoms with E-state index in [1.165, 1.54) is 6.07 Å². The van der Waals surface area contributed by atoms with Crippen molar-refractivity contribution in [2.45, 2.75) is 13.8 Å². The number of ketones is 1. The van der Waals surface area contributed by atoms with Gasteiger partial charge in [0.15, 0.2) is 5.78 Å². The average Bonchev–Trinajstić information content (AvgIpc) is 2.93. The van der Waals surface area contributed by atoms with E-state index in [1.807, 2.05) is 19.9 Å². The first-order valence-electron chi connectivity index (χ1n) is 8.44. The number of carbonyl (C=O) groups excluding carboxylic acids is 2. The summed E-state index contributed by atoms with van der Waals surface area (Å²) >= 11 is 0. The first-order chi connectivity index (χ1) is 11.9. The van der Waals surface area contributed by atoms with E-state index in [1.54, 1.807) is 23.1 Å². The van der Waals surface area contributed by atoms with Gasteiger partial charge < -0.3 is 15.0 Å². The standard InChI is InChI=1S/C19H23N3O3/c1-13-10-17(14(2)20-13)18(24)12-21-6-8-22(9-7-21)19(25)15-4-3-5-16(23)11-15/h3-5,10-11,20,23H,6-9,12H2,1-2H3. The van der Waals surface area contributed by atoms with Crippen LogP contribution in [0.5, 0.6) is 5.75 Å². The number of aromatic hydroxyl groups is 1. The number of phenols is 1. The van der Waals surface area contributed by atoms with Gasteiger partial charge in [-0.2, -0.15) is 0 Å². The number of hydrogen-bond acceptors (Lipinski definition) is 4. The Hall–Kier alpha value is -2.60. The maximum absolute atomic E-state index is 12.5. The average molecular weight is 341 g/mol. The molecule has 0 spiro atoms. The summed E-state index contributed by atoms with van der Waals surface area (Å²) in [6, 6.07) is 8.28. The molecule has 1 aromatic heterocycles. The summed E-state index contributed by atoms with van der Waals surface area (Å²) in [5.74, 6) is 0.112. The molecule has 1 saturated heterocycles. The van der Waals surface area contributed by atoms with Crippen LogP contribution in [0.2, 0.25) is 0 Å². The van der Waals surface area contributed by atoms with Crippen molar-refractivity contribution in [1.29, 1.82) is 0 Å². The van der Waals surface area contributed by atoms with E-state index in [2.05, 4.69) is 9.88 Å². The second kappa shape index (κ2) is 7.11. The molecule has 6 heteroatoms. The number of benzene rings is 1. The van der Waals surface area contributed by atoms with Crippen LogP contribution in [0.25, 0.3) is 0 Å². The van der Waals surface area contributed by atoms with Gasteiger partial charge in [0, 0.05) is 48.7 Å². The zero-order chi connectivity index (χ0) is 18.0. The largest absolute Gasteiger partial charge is 0.508 e. The van der Waals surface area contributed by atoms with Crippen molar-refractivity contribution in [3.63, 3.8) is 0 Å². The minimum Gasteiger partial charge on any atom is -0.508 e. The summed E-state index contributed by atoms with van der Waals surface area (Å²) in [7, 11) is 0. The molecule has 3 rings (SSSR count). The van der Waals surface area contributed by atoms with Crippen molar-refractivity contribution in [1.82, 2.24) is 14.8 Å². The lowest BCUT2D eigenvalue weighted by molar-refractivity contribution is 0.0624. The molecule has 0 atom stereocenters. The monoisotopic (exact) mass is 341 g/mol. The number of nitrogens with zero attached hydrogens (tertiary/aromatic N) is 2. The summed E-state index contributed by atoms with van der Waals surface area (Å²) in [5.41, 5.74) is 3.13. The number of phenolic OH excluding ortho intramolecular Hbond substituents is 1. The molecule has 25 heavy (non-hydrogen) atoms. The van der Waals surface area contributed by atoms with Crippen molar-refractivity contribution in [2.24, 2.45) is 0 Å². The maximum atomic E-state index is 12.5. The van der Waals surface area contributed by atoms with Crippen molar-refractivity contribution in [2.75, 3.05) is 32.7 Å². The molecule has 2 aromatic rings. The molecule has 1 fully saturated rings. The summed E-state index contributed by atoms with van der Waals surface area (Å²) in [6.45, 7) is 6.70. The molecule has 0 bridgehead atoms. The van der Waals surface area contributed by atoms with E-state index in [9.17, 15) is 14.7 Å². The van der Waals surface area contributed by atoms with Gasteiger partial charge in [0.05, 0.1) is 6.54 Å². The van der Waals surface area contributed by atoms with Crippen LogP contribution in [0.15, 0.2) is 30.3 Å². The summed E-state index contributed by atoms with van der Waals surface area (Å²) < 4.78 is 0. The Morgan fingerprint density at radius 1 is 1.12 bits per heavy atom. The highest BCUT2D eigenvalue weighted by Crippen LogP contribution is 2.15. The van der Waals surface area contributed by atoms with Gasteiger partial charge in [-0.15, -0.1) is 0 Å². The molecule has 132 valence electrons. The maximum Gasteiger partial charge on any atom is 0.254 e. The Balaban J connectivity index is 1.56. The molecule has 6 nitrogen and oxygen atoms in total. The van der Waals surface area contributed by atoms with Crippen LogP contribution < -0.4 is 0 Å². The van der Waals surface area contributed by atoms with Crippen LogP contribution in [0, 0.1) is 13.8 Å². The highest BCUT2D eigenvalue weighted by atomic mass is 16.3. The van der Waals surface area contributed by atoms with Gasteiger partial charge in [-0.25, -0.2) is 0 Å². The summed E-state index contributed by atoms with van der Waals surface area (Å²) in [6.07, 6.45) is 0. The number of rotatable bonds is 4. The van der Waals surface area contributed by atoms with Gasteiger partial charge in [-0.05, 0) is 38.1 Å². The van der Waals surface area contributed by atoms with Gasteiger partial charge in [0.2, 0.25) is 0 Å². The quantitative estimate of drug-likeness (QED) is 0.834. The van der Waals surface area contributed by atoms with Crippen molar-refractivity contribution in [3.8, 4) is 5.75 Å². The topological polar surface area (TPSA) is 76.6 Å². The van der Waals surface area contributed by atoms with Crippen molar-refractivity contribution < 1.29 is 14.7 Å². The molecule has 1 aliphatic heterocycles. The summed E-state index contributed by atoms with van der Waals surface area (Å²) in [5, 5.41) is 9.51. The van der Waals surface area contributed by atoms with Gasteiger partial charge in [0.1, 0.15) is 5.75 Å². The van der Waals surface area contributed by atoms with Gasteiger partial charge in [-0.3, -0.25) is 14.5 Å². The van der Waals surface area contributed by atoms with Crippen LogP contribution in [0.1, 0.15) is 32.1 Å². The number of amides is 1. The summed E-state index contributed by atoms with van der Waals surface area (Å²) in [4.78, 5) is 31.9. The lowest BCUT2D eigenvalue weighted by Crippen LogP contribution is -2.49. The number of Topliss-reactive ketones (excluding diaryl/α,β-unsaturated/α-hetero) is 1. The molecular weight excluding hydrogens is 318 g/mol. The number of aryl methyl sites for hydroxylation is 2. The molecule has 1 aromatic carbocycles. The fraction of sp³-hybridized carbons (Fsp3) is 0.368. The molecule has 1 amide bonds. The number of hydrogen-bond donors (Lipinski definition) is 2. The zero-order valence-corrected chi connectivity index (χ0v) is 14.6. The van der Waals surface area contributed by atoms with Gasteiger partial charge in [0.25, 0.3) is 5.91 Å². The second-order valence-electron chi connectivity index (χ2n) is 6.53. The minimum absolute atomic E-state index is 0.0843. The Labute approximate surface area is 147 Å². The number of nitrogens with one attached hydrogen (secondary N) is 1. The van der Waals surface area contributed by atoms with E-state index in [4.69, 9.17) is 0 Å². The van der Waals surface area contributed by atoms with E-state index in [0.29, 0.717) is 38.3 Å². The third kappa shape index (κ3) is 3.91.